The predicted molar refractivity (Wildman–Crippen MR) is 109 cm³/mol. The summed E-state index contributed by atoms with van der Waals surface area (Å²) in [5, 5.41) is 4.96. The van der Waals surface area contributed by atoms with Crippen LogP contribution in [0, 0.1) is 5.92 Å². The lowest BCUT2D eigenvalue weighted by Crippen LogP contribution is -2.52. The molecule has 8 heteroatoms. The Morgan fingerprint density at radius 2 is 1.55 bits per heavy atom. The van der Waals surface area contributed by atoms with E-state index < -0.39 is 41.7 Å². The van der Waals surface area contributed by atoms with Crippen LogP contribution >= 0.6 is 0 Å². The van der Waals surface area contributed by atoms with Crippen LogP contribution in [0.15, 0.2) is 24.3 Å². The zero-order valence-corrected chi connectivity index (χ0v) is 17.7. The summed E-state index contributed by atoms with van der Waals surface area (Å²) in [6.07, 6.45) is 0.561. The molecule has 3 amide bonds. The molecule has 1 aromatic carbocycles. The zero-order chi connectivity index (χ0) is 22.1. The molecule has 0 fully saturated rings. The van der Waals surface area contributed by atoms with E-state index in [1.807, 2.05) is 24.3 Å². The fourth-order valence-corrected chi connectivity index (χ4v) is 2.82. The highest BCUT2D eigenvalue weighted by atomic mass is 16.5. The van der Waals surface area contributed by atoms with E-state index in [2.05, 4.69) is 29.2 Å². The molecule has 8 nitrogen and oxygen atoms in total. The number of rotatable bonds is 10. The first-order valence-corrected chi connectivity index (χ1v) is 9.60. The van der Waals surface area contributed by atoms with E-state index >= 15 is 0 Å². The third kappa shape index (κ3) is 7.93. The summed E-state index contributed by atoms with van der Waals surface area (Å²) in [6, 6.07) is 5.60. The first kappa shape index (κ1) is 24.1. The number of nitrogens with one attached hydrogen (secondary N) is 2. The van der Waals surface area contributed by atoms with E-state index in [-0.39, 0.29) is 6.42 Å². The Morgan fingerprint density at radius 3 is 2.03 bits per heavy atom. The minimum atomic E-state index is -1.19. The van der Waals surface area contributed by atoms with E-state index in [1.54, 1.807) is 6.92 Å². The van der Waals surface area contributed by atoms with Gasteiger partial charge < -0.3 is 21.1 Å². The standard InChI is InChI=1S/C21H31N3O5/c1-12(2)10-15-6-8-16(9-7-15)13(3)19(26)24-17(11-18(22)25)20(27)23-14(4)21(28)29-5/h6-9,12-14,17H,10-11H2,1-5H3,(H2,22,25)(H,23,27)(H,24,26)/t13?,14-,17+/m0/s1. The summed E-state index contributed by atoms with van der Waals surface area (Å²) in [6.45, 7) is 7.42. The molecule has 0 saturated heterocycles. The maximum Gasteiger partial charge on any atom is 0.328 e. The molecule has 0 bridgehead atoms. The summed E-state index contributed by atoms with van der Waals surface area (Å²) in [5.41, 5.74) is 7.17. The second-order valence-electron chi connectivity index (χ2n) is 7.55. The van der Waals surface area contributed by atoms with Crippen molar-refractivity contribution in [3.8, 4) is 0 Å². The second kappa shape index (κ2) is 11.2. The lowest BCUT2D eigenvalue weighted by molar-refractivity contribution is -0.144. The number of hydrogen-bond donors (Lipinski definition) is 3. The third-order valence-electron chi connectivity index (χ3n) is 4.47. The van der Waals surface area contributed by atoms with Crippen LogP contribution in [0.3, 0.4) is 0 Å². The fourth-order valence-electron chi connectivity index (χ4n) is 2.82. The Bertz CT molecular complexity index is 730. The minimum absolute atomic E-state index is 0.383. The molecule has 160 valence electrons. The number of carbonyl (C=O) groups is 4. The zero-order valence-electron chi connectivity index (χ0n) is 17.7. The number of methoxy groups -OCH3 is 1. The molecular formula is C21H31N3O5. The van der Waals surface area contributed by atoms with Gasteiger partial charge in [0.15, 0.2) is 0 Å². The monoisotopic (exact) mass is 405 g/mol. The summed E-state index contributed by atoms with van der Waals surface area (Å²) < 4.78 is 4.55. The van der Waals surface area contributed by atoms with E-state index in [0.717, 1.165) is 12.0 Å². The molecule has 0 aromatic heterocycles. The quantitative estimate of drug-likeness (QED) is 0.501. The highest BCUT2D eigenvalue weighted by molar-refractivity contribution is 5.95. The van der Waals surface area contributed by atoms with Gasteiger partial charge in [-0.2, -0.15) is 0 Å². The average molecular weight is 405 g/mol. The maximum absolute atomic E-state index is 12.6. The molecule has 1 aromatic rings. The van der Waals surface area contributed by atoms with Crippen LogP contribution in [0.4, 0.5) is 0 Å². The van der Waals surface area contributed by atoms with Gasteiger partial charge in [0.2, 0.25) is 17.7 Å². The molecule has 1 unspecified atom stereocenters. The lowest BCUT2D eigenvalue weighted by Gasteiger charge is -2.21. The SMILES string of the molecule is COC(=O)[C@H](C)NC(=O)[C@@H](CC(N)=O)NC(=O)C(C)c1ccc(CC(C)C)cc1. The smallest absolute Gasteiger partial charge is 0.328 e. The predicted octanol–water partition coefficient (Wildman–Crippen LogP) is 1.03. The minimum Gasteiger partial charge on any atom is -0.467 e. The Balaban J connectivity index is 2.84. The molecule has 29 heavy (non-hydrogen) atoms. The van der Waals surface area contributed by atoms with E-state index in [1.165, 1.54) is 19.6 Å². The molecule has 0 aliphatic carbocycles. The summed E-state index contributed by atoms with van der Waals surface area (Å²) in [4.78, 5) is 47.9. The van der Waals surface area contributed by atoms with Crippen molar-refractivity contribution >= 4 is 23.7 Å². The first-order chi connectivity index (χ1) is 13.5. The number of carbonyl (C=O) groups excluding carboxylic acids is 4. The number of amides is 3. The molecule has 0 heterocycles. The van der Waals surface area contributed by atoms with Gasteiger partial charge in [0.05, 0.1) is 19.4 Å². The number of primary amides is 1. The number of nitrogens with two attached hydrogens (primary N) is 1. The van der Waals surface area contributed by atoms with Crippen LogP contribution in [0.2, 0.25) is 0 Å². The fraction of sp³-hybridized carbons (Fsp3) is 0.524. The van der Waals surface area contributed by atoms with Crippen LogP contribution in [-0.2, 0) is 30.3 Å². The highest BCUT2D eigenvalue weighted by Gasteiger charge is 2.28. The summed E-state index contributed by atoms with van der Waals surface area (Å²) in [5.74, 6) is -2.51. The molecule has 3 atom stereocenters. The van der Waals surface area contributed by atoms with Gasteiger partial charge in [0.25, 0.3) is 0 Å². The topological polar surface area (TPSA) is 128 Å². The van der Waals surface area contributed by atoms with Gasteiger partial charge in [-0.15, -0.1) is 0 Å². The molecule has 0 spiro atoms. The molecule has 1 rings (SSSR count). The van der Waals surface area contributed by atoms with E-state index in [9.17, 15) is 19.2 Å². The normalized spacial score (nSPS) is 13.9. The van der Waals surface area contributed by atoms with Crippen molar-refractivity contribution in [2.75, 3.05) is 7.11 Å². The van der Waals surface area contributed by atoms with E-state index in [0.29, 0.717) is 5.92 Å². The van der Waals surface area contributed by atoms with Crippen LogP contribution in [-0.4, -0.2) is 42.9 Å². The van der Waals surface area contributed by atoms with Crippen LogP contribution in [0.1, 0.15) is 51.2 Å². The van der Waals surface area contributed by atoms with Gasteiger partial charge in [-0.3, -0.25) is 14.4 Å². The first-order valence-electron chi connectivity index (χ1n) is 9.60. The highest BCUT2D eigenvalue weighted by Crippen LogP contribution is 2.18. The van der Waals surface area contributed by atoms with Crippen molar-refractivity contribution in [3.63, 3.8) is 0 Å². The Morgan fingerprint density at radius 1 is 0.966 bits per heavy atom. The number of hydrogen-bond acceptors (Lipinski definition) is 5. The second-order valence-corrected chi connectivity index (χ2v) is 7.55. The van der Waals surface area contributed by atoms with Crippen molar-refractivity contribution in [2.24, 2.45) is 11.7 Å². The van der Waals surface area contributed by atoms with Gasteiger partial charge in [0, 0.05) is 0 Å². The number of benzene rings is 1. The van der Waals surface area contributed by atoms with Gasteiger partial charge in [0.1, 0.15) is 12.1 Å². The Labute approximate surface area is 171 Å². The maximum atomic E-state index is 12.6. The average Bonchev–Trinajstić information content (AvgIpc) is 2.65. The van der Waals surface area contributed by atoms with Gasteiger partial charge in [-0.05, 0) is 37.3 Å². The summed E-state index contributed by atoms with van der Waals surface area (Å²) >= 11 is 0. The van der Waals surface area contributed by atoms with Crippen molar-refractivity contribution in [3.05, 3.63) is 35.4 Å². The number of esters is 1. The van der Waals surface area contributed by atoms with Gasteiger partial charge in [-0.1, -0.05) is 38.1 Å². The number of ether oxygens (including phenoxy) is 1. The Kier molecular flexibility index (Phi) is 9.31. The molecular weight excluding hydrogens is 374 g/mol. The van der Waals surface area contributed by atoms with Gasteiger partial charge >= 0.3 is 5.97 Å². The molecule has 0 saturated carbocycles. The summed E-state index contributed by atoms with van der Waals surface area (Å²) in [7, 11) is 1.20. The molecule has 4 N–H and O–H groups in total. The molecule has 0 aliphatic heterocycles. The van der Waals surface area contributed by atoms with Crippen molar-refractivity contribution in [1.82, 2.24) is 10.6 Å². The molecule has 0 radical (unpaired) electrons. The Hall–Kier alpha value is -2.90. The van der Waals surface area contributed by atoms with Crippen LogP contribution in [0.25, 0.3) is 0 Å². The van der Waals surface area contributed by atoms with Crippen molar-refractivity contribution < 1.29 is 23.9 Å². The van der Waals surface area contributed by atoms with Crippen molar-refractivity contribution in [1.29, 1.82) is 0 Å². The largest absolute Gasteiger partial charge is 0.467 e. The van der Waals surface area contributed by atoms with Crippen molar-refractivity contribution in [2.45, 2.75) is 58.5 Å². The molecule has 0 aliphatic rings. The van der Waals surface area contributed by atoms with Crippen LogP contribution < -0.4 is 16.4 Å². The van der Waals surface area contributed by atoms with Crippen LogP contribution in [0.5, 0.6) is 0 Å². The van der Waals surface area contributed by atoms with E-state index in [4.69, 9.17) is 5.73 Å². The lowest BCUT2D eigenvalue weighted by atomic mass is 9.96. The third-order valence-corrected chi connectivity index (χ3v) is 4.47. The van der Waals surface area contributed by atoms with Gasteiger partial charge in [-0.25, -0.2) is 4.79 Å².